The number of aromatic nitrogens is 2. The van der Waals surface area contributed by atoms with Gasteiger partial charge in [-0.2, -0.15) is 0 Å². The Morgan fingerprint density at radius 3 is 2.78 bits per heavy atom. The van der Waals surface area contributed by atoms with Gasteiger partial charge in [-0.15, -0.1) is 0 Å². The molecule has 9 heteroatoms. The van der Waals surface area contributed by atoms with Crippen LogP contribution in [-0.2, 0) is 11.3 Å². The van der Waals surface area contributed by atoms with Crippen molar-refractivity contribution < 1.29 is 19.1 Å². The van der Waals surface area contributed by atoms with Crippen molar-refractivity contribution in [1.82, 2.24) is 14.9 Å². The van der Waals surface area contributed by atoms with E-state index < -0.39 is 5.91 Å². The molecule has 1 aromatic carbocycles. The van der Waals surface area contributed by atoms with E-state index in [4.69, 9.17) is 15.2 Å². The summed E-state index contributed by atoms with van der Waals surface area (Å²) in [4.78, 5) is 29.4. The van der Waals surface area contributed by atoms with Gasteiger partial charge in [0.15, 0.2) is 5.69 Å². The maximum Gasteiger partial charge on any atom is 0.270 e. The number of rotatable bonds is 3. The van der Waals surface area contributed by atoms with Gasteiger partial charge in [0.05, 0.1) is 12.1 Å². The zero-order chi connectivity index (χ0) is 19.0. The third-order valence-electron chi connectivity index (χ3n) is 4.73. The average molecular weight is 435 g/mol. The van der Waals surface area contributed by atoms with E-state index in [1.54, 1.807) is 4.57 Å². The molecule has 0 unspecified atom stereocenters. The van der Waals surface area contributed by atoms with Gasteiger partial charge in [0.25, 0.3) is 11.8 Å². The van der Waals surface area contributed by atoms with Gasteiger partial charge in [-0.25, -0.2) is 4.98 Å². The summed E-state index contributed by atoms with van der Waals surface area (Å²) in [5.41, 5.74) is 6.39. The summed E-state index contributed by atoms with van der Waals surface area (Å²) >= 11 is 3.44. The highest BCUT2D eigenvalue weighted by molar-refractivity contribution is 9.10. The van der Waals surface area contributed by atoms with Crippen molar-refractivity contribution in [3.63, 3.8) is 0 Å². The maximum absolute atomic E-state index is 13.0. The molecule has 1 aromatic heterocycles. The van der Waals surface area contributed by atoms with Crippen LogP contribution in [0.25, 0.3) is 11.4 Å². The second-order valence-electron chi connectivity index (χ2n) is 6.50. The molecule has 2 aliphatic heterocycles. The molecular weight excluding hydrogens is 416 g/mol. The normalized spacial score (nSPS) is 16.6. The molecule has 0 atom stereocenters. The lowest BCUT2D eigenvalue weighted by Crippen LogP contribution is -2.40. The highest BCUT2D eigenvalue weighted by Gasteiger charge is 2.30. The van der Waals surface area contributed by atoms with E-state index >= 15 is 0 Å². The van der Waals surface area contributed by atoms with Crippen LogP contribution in [0.15, 0.2) is 22.7 Å². The molecule has 1 fully saturated rings. The van der Waals surface area contributed by atoms with Gasteiger partial charge in [0.2, 0.25) is 0 Å². The third kappa shape index (κ3) is 3.44. The Bertz CT molecular complexity index is 905. The highest BCUT2D eigenvalue weighted by atomic mass is 79.9. The van der Waals surface area contributed by atoms with Crippen LogP contribution in [0.4, 0.5) is 0 Å². The Balaban J connectivity index is 1.78. The van der Waals surface area contributed by atoms with Crippen LogP contribution >= 0.6 is 15.9 Å². The number of hydrogen-bond acceptors (Lipinski definition) is 5. The molecule has 2 amide bonds. The van der Waals surface area contributed by atoms with Crippen LogP contribution in [0.2, 0.25) is 0 Å². The maximum atomic E-state index is 13.0. The van der Waals surface area contributed by atoms with Crippen LogP contribution in [0.3, 0.4) is 0 Å². The fraction of sp³-hybridized carbons (Fsp3) is 0.389. The van der Waals surface area contributed by atoms with Crippen LogP contribution in [0.1, 0.15) is 33.8 Å². The Hall–Kier alpha value is -2.39. The van der Waals surface area contributed by atoms with Crippen molar-refractivity contribution in [2.24, 2.45) is 5.73 Å². The predicted molar refractivity (Wildman–Crippen MR) is 101 cm³/mol. The largest absolute Gasteiger partial charge is 0.491 e. The Morgan fingerprint density at radius 1 is 1.26 bits per heavy atom. The van der Waals surface area contributed by atoms with Crippen molar-refractivity contribution in [2.75, 3.05) is 19.8 Å². The minimum Gasteiger partial charge on any atom is -0.491 e. The molecule has 0 radical (unpaired) electrons. The molecule has 1 saturated heterocycles. The molecule has 0 bridgehead atoms. The second-order valence-corrected chi connectivity index (χ2v) is 7.41. The van der Waals surface area contributed by atoms with Gasteiger partial charge in [0, 0.05) is 23.7 Å². The number of nitrogens with one attached hydrogen (secondary N) is 1. The minimum atomic E-state index is -0.731. The molecule has 2 aliphatic rings. The minimum absolute atomic E-state index is 0.00147. The molecule has 142 valence electrons. The topological polar surface area (TPSA) is 108 Å². The van der Waals surface area contributed by atoms with E-state index in [0.29, 0.717) is 43.5 Å². The summed E-state index contributed by atoms with van der Waals surface area (Å²) in [6, 6.07) is 5.55. The highest BCUT2D eigenvalue weighted by Crippen LogP contribution is 2.35. The molecule has 3 heterocycles. The molecule has 27 heavy (non-hydrogen) atoms. The van der Waals surface area contributed by atoms with Gasteiger partial charge in [0.1, 0.15) is 23.9 Å². The Labute approximate surface area is 164 Å². The third-order valence-corrected chi connectivity index (χ3v) is 5.22. The predicted octanol–water partition coefficient (Wildman–Crippen LogP) is 1.71. The number of carbonyl (C=O) groups excluding carboxylic acids is 2. The SMILES string of the molecule is NC(=O)c1nc2n(c1C(=O)NC1CCOCC1)CCOc1ccc(Br)cc1-2. The summed E-state index contributed by atoms with van der Waals surface area (Å²) in [7, 11) is 0. The van der Waals surface area contributed by atoms with E-state index in [1.165, 1.54) is 0 Å². The van der Waals surface area contributed by atoms with Crippen molar-refractivity contribution in [2.45, 2.75) is 25.4 Å². The first kappa shape index (κ1) is 18.0. The second kappa shape index (κ2) is 7.32. The molecule has 0 aliphatic carbocycles. The first-order valence-electron chi connectivity index (χ1n) is 8.76. The Kier molecular flexibility index (Phi) is 4.88. The molecule has 3 N–H and O–H groups in total. The number of hydrogen-bond donors (Lipinski definition) is 2. The number of fused-ring (bicyclic) bond motifs is 3. The number of primary amides is 1. The monoisotopic (exact) mass is 434 g/mol. The first-order valence-corrected chi connectivity index (χ1v) is 9.55. The van der Waals surface area contributed by atoms with Gasteiger partial charge < -0.3 is 25.1 Å². The molecule has 4 rings (SSSR count). The zero-order valence-electron chi connectivity index (χ0n) is 14.5. The van der Waals surface area contributed by atoms with Crippen LogP contribution in [-0.4, -0.2) is 47.2 Å². The van der Waals surface area contributed by atoms with Gasteiger partial charge in [-0.3, -0.25) is 9.59 Å². The fourth-order valence-corrected chi connectivity index (χ4v) is 3.78. The first-order chi connectivity index (χ1) is 13.0. The lowest BCUT2D eigenvalue weighted by molar-refractivity contribution is 0.0689. The van der Waals surface area contributed by atoms with Crippen molar-refractivity contribution in [3.8, 4) is 17.1 Å². The summed E-state index contributed by atoms with van der Waals surface area (Å²) in [5, 5.41) is 2.98. The standard InChI is InChI=1S/C18H19BrN4O4/c19-10-1-2-13-12(9-10)17-22-14(16(20)24)15(23(17)5-8-27-13)18(25)21-11-3-6-26-7-4-11/h1-2,9,11H,3-8H2,(H2,20,24)(H,21,25). The van der Waals surface area contributed by atoms with E-state index in [2.05, 4.69) is 26.2 Å². The van der Waals surface area contributed by atoms with Crippen LogP contribution in [0.5, 0.6) is 5.75 Å². The number of nitrogens with zero attached hydrogens (tertiary/aromatic N) is 2. The summed E-state index contributed by atoms with van der Waals surface area (Å²) in [6.07, 6.45) is 1.47. The van der Waals surface area contributed by atoms with Gasteiger partial charge >= 0.3 is 0 Å². The molecular formula is C18H19BrN4O4. The number of nitrogens with two attached hydrogens (primary N) is 1. The number of benzene rings is 1. The van der Waals surface area contributed by atoms with Crippen LogP contribution < -0.4 is 15.8 Å². The van der Waals surface area contributed by atoms with Crippen LogP contribution in [0, 0.1) is 0 Å². The fourth-order valence-electron chi connectivity index (χ4n) is 3.42. The van der Waals surface area contributed by atoms with Crippen molar-refractivity contribution >= 4 is 27.7 Å². The number of imidazole rings is 1. The van der Waals surface area contributed by atoms with E-state index in [0.717, 1.165) is 17.3 Å². The summed E-state index contributed by atoms with van der Waals surface area (Å²) < 4.78 is 13.7. The van der Waals surface area contributed by atoms with Gasteiger partial charge in [-0.05, 0) is 31.0 Å². The number of amides is 2. The van der Waals surface area contributed by atoms with E-state index in [1.807, 2.05) is 18.2 Å². The number of ether oxygens (including phenoxy) is 2. The molecule has 8 nitrogen and oxygen atoms in total. The van der Waals surface area contributed by atoms with E-state index in [9.17, 15) is 9.59 Å². The van der Waals surface area contributed by atoms with Crippen molar-refractivity contribution in [1.29, 1.82) is 0 Å². The van der Waals surface area contributed by atoms with Crippen molar-refractivity contribution in [3.05, 3.63) is 34.1 Å². The molecule has 0 spiro atoms. The molecule has 2 aromatic rings. The van der Waals surface area contributed by atoms with E-state index in [-0.39, 0.29) is 23.3 Å². The lowest BCUT2D eigenvalue weighted by Gasteiger charge is -2.23. The number of halogens is 1. The summed E-state index contributed by atoms with van der Waals surface area (Å²) in [5.74, 6) is 0.0575. The smallest absolute Gasteiger partial charge is 0.270 e. The Morgan fingerprint density at radius 2 is 2.04 bits per heavy atom. The van der Waals surface area contributed by atoms with Gasteiger partial charge in [-0.1, -0.05) is 15.9 Å². The quantitative estimate of drug-likeness (QED) is 0.763. The average Bonchev–Trinajstić information content (AvgIpc) is 2.95. The zero-order valence-corrected chi connectivity index (χ0v) is 16.1. The molecule has 0 saturated carbocycles. The lowest BCUT2D eigenvalue weighted by atomic mass is 10.1. The summed E-state index contributed by atoms with van der Waals surface area (Å²) in [6.45, 7) is 1.95. The number of carbonyl (C=O) groups is 2.